The van der Waals surface area contributed by atoms with Crippen LogP contribution in [0, 0.1) is 0 Å². The lowest BCUT2D eigenvalue weighted by atomic mass is 10.0. The number of para-hydroxylation sites is 1. The standard InChI is InChI=1S/C35H56NO3/c1-6-9-10-11-12-13-14-15-19-26-31-27-20-21-28-33(31)38-34(23-8-3)39-35(37)32(22-7-2)36(4,5)29-30-24-17-16-18-25-30/h16-18,20-21,24-25,27-28,32,34H,6-15,19,22-23,26,29H2,1-5H3/q+1. The number of hydrogen-bond acceptors (Lipinski definition) is 3. The van der Waals surface area contributed by atoms with Crippen molar-refractivity contribution in [2.45, 2.75) is 130 Å². The molecular formula is C35H56NO3+. The molecule has 0 heterocycles. The van der Waals surface area contributed by atoms with Crippen molar-refractivity contribution in [3.8, 4) is 5.75 Å². The molecule has 0 saturated heterocycles. The predicted molar refractivity (Wildman–Crippen MR) is 164 cm³/mol. The Morgan fingerprint density at radius 3 is 1.95 bits per heavy atom. The number of carbonyl (C=O) groups is 1. The molecule has 4 heteroatoms. The molecular weight excluding hydrogens is 482 g/mol. The SMILES string of the molecule is CCCCCCCCCCCc1ccccc1OC(CCC)OC(=O)C(CCC)[N+](C)(C)Cc1ccccc1. The highest BCUT2D eigenvalue weighted by molar-refractivity contribution is 5.74. The van der Waals surface area contributed by atoms with E-state index in [1.165, 1.54) is 62.5 Å². The third-order valence-electron chi connectivity index (χ3n) is 7.66. The van der Waals surface area contributed by atoms with Crippen molar-refractivity contribution in [2.75, 3.05) is 14.1 Å². The summed E-state index contributed by atoms with van der Waals surface area (Å²) in [5.74, 6) is 0.695. The third-order valence-corrected chi connectivity index (χ3v) is 7.66. The summed E-state index contributed by atoms with van der Waals surface area (Å²) in [6.07, 6.45) is 15.6. The largest absolute Gasteiger partial charge is 0.454 e. The van der Waals surface area contributed by atoms with Gasteiger partial charge in [-0.2, -0.15) is 0 Å². The number of aryl methyl sites for hydroxylation is 1. The van der Waals surface area contributed by atoms with Gasteiger partial charge in [0.2, 0.25) is 6.29 Å². The van der Waals surface area contributed by atoms with Crippen molar-refractivity contribution >= 4 is 5.97 Å². The van der Waals surface area contributed by atoms with E-state index in [0.717, 1.165) is 44.4 Å². The zero-order valence-corrected chi connectivity index (χ0v) is 25.6. The molecule has 2 unspecified atom stereocenters. The minimum atomic E-state index is -0.567. The Labute approximate surface area is 239 Å². The molecule has 0 aliphatic heterocycles. The number of unbranched alkanes of at least 4 members (excludes halogenated alkanes) is 8. The second-order valence-corrected chi connectivity index (χ2v) is 11.7. The number of esters is 1. The van der Waals surface area contributed by atoms with Crippen LogP contribution >= 0.6 is 0 Å². The lowest BCUT2D eigenvalue weighted by Gasteiger charge is -2.37. The van der Waals surface area contributed by atoms with Gasteiger partial charge in [-0.3, -0.25) is 0 Å². The van der Waals surface area contributed by atoms with Gasteiger partial charge in [-0.1, -0.05) is 121 Å². The molecule has 0 aliphatic carbocycles. The first kappa shape index (κ1) is 32.9. The van der Waals surface area contributed by atoms with Gasteiger partial charge in [0.25, 0.3) is 0 Å². The molecule has 0 radical (unpaired) electrons. The molecule has 39 heavy (non-hydrogen) atoms. The summed E-state index contributed by atoms with van der Waals surface area (Å²) < 4.78 is 13.1. The molecule has 0 N–H and O–H groups in total. The number of nitrogens with zero attached hydrogens (tertiary/aromatic N) is 1. The second kappa shape index (κ2) is 18.9. The van der Waals surface area contributed by atoms with Crippen LogP contribution in [0.1, 0.15) is 115 Å². The van der Waals surface area contributed by atoms with E-state index in [1.54, 1.807) is 0 Å². The van der Waals surface area contributed by atoms with Gasteiger partial charge in [0.1, 0.15) is 12.3 Å². The van der Waals surface area contributed by atoms with Crippen molar-refractivity contribution in [1.82, 2.24) is 0 Å². The summed E-state index contributed by atoms with van der Waals surface area (Å²) in [6.45, 7) is 7.29. The van der Waals surface area contributed by atoms with Crippen LogP contribution in [0.5, 0.6) is 5.75 Å². The summed E-state index contributed by atoms with van der Waals surface area (Å²) >= 11 is 0. The molecule has 2 atom stereocenters. The molecule has 0 spiro atoms. The van der Waals surface area contributed by atoms with Crippen molar-refractivity contribution in [1.29, 1.82) is 0 Å². The van der Waals surface area contributed by atoms with Crippen LogP contribution in [0.15, 0.2) is 54.6 Å². The highest BCUT2D eigenvalue weighted by Crippen LogP contribution is 2.25. The zero-order chi connectivity index (χ0) is 28.3. The van der Waals surface area contributed by atoms with Gasteiger partial charge < -0.3 is 14.0 Å². The van der Waals surface area contributed by atoms with Crippen molar-refractivity contribution in [3.05, 3.63) is 65.7 Å². The van der Waals surface area contributed by atoms with Gasteiger partial charge in [0.05, 0.1) is 14.1 Å². The lowest BCUT2D eigenvalue weighted by molar-refractivity contribution is -0.920. The third kappa shape index (κ3) is 12.6. The predicted octanol–water partition coefficient (Wildman–Crippen LogP) is 9.25. The molecule has 0 saturated carbocycles. The number of carbonyl (C=O) groups excluding carboxylic acids is 1. The van der Waals surface area contributed by atoms with Crippen molar-refractivity contribution in [2.24, 2.45) is 0 Å². The topological polar surface area (TPSA) is 35.5 Å². The van der Waals surface area contributed by atoms with E-state index in [0.29, 0.717) is 10.9 Å². The van der Waals surface area contributed by atoms with Gasteiger partial charge in [-0.25, -0.2) is 4.79 Å². The number of rotatable bonds is 21. The molecule has 0 bridgehead atoms. The van der Waals surface area contributed by atoms with Crippen LogP contribution in [-0.2, 0) is 22.5 Å². The normalized spacial score (nSPS) is 13.2. The smallest absolute Gasteiger partial charge is 0.368 e. The fourth-order valence-corrected chi connectivity index (χ4v) is 5.37. The molecule has 4 nitrogen and oxygen atoms in total. The molecule has 0 amide bonds. The second-order valence-electron chi connectivity index (χ2n) is 11.7. The van der Waals surface area contributed by atoms with E-state index in [1.807, 2.05) is 18.2 Å². The highest BCUT2D eigenvalue weighted by Gasteiger charge is 2.37. The van der Waals surface area contributed by atoms with E-state index in [4.69, 9.17) is 9.47 Å². The minimum Gasteiger partial charge on any atom is -0.454 e. The van der Waals surface area contributed by atoms with Crippen molar-refractivity contribution in [3.63, 3.8) is 0 Å². The monoisotopic (exact) mass is 538 g/mol. The Bertz CT molecular complexity index is 911. The van der Waals surface area contributed by atoms with Crippen LogP contribution in [0.25, 0.3) is 0 Å². The molecule has 0 fully saturated rings. The maximum absolute atomic E-state index is 13.6. The highest BCUT2D eigenvalue weighted by atomic mass is 16.7. The van der Waals surface area contributed by atoms with Crippen LogP contribution in [0.4, 0.5) is 0 Å². The maximum atomic E-state index is 13.6. The minimum absolute atomic E-state index is 0.160. The summed E-state index contributed by atoms with van der Waals surface area (Å²) in [5, 5.41) is 0. The zero-order valence-electron chi connectivity index (χ0n) is 25.6. The van der Waals surface area contributed by atoms with Gasteiger partial charge in [-0.15, -0.1) is 0 Å². The van der Waals surface area contributed by atoms with Gasteiger partial charge in [0, 0.05) is 18.4 Å². The quantitative estimate of drug-likeness (QED) is 0.0687. The average molecular weight is 539 g/mol. The summed E-state index contributed by atoms with van der Waals surface area (Å²) in [7, 11) is 4.26. The first-order valence-electron chi connectivity index (χ1n) is 15.7. The number of hydrogen-bond donors (Lipinski definition) is 0. The van der Waals surface area contributed by atoms with Gasteiger partial charge in [0.15, 0.2) is 6.04 Å². The fourth-order valence-electron chi connectivity index (χ4n) is 5.37. The Balaban J connectivity index is 1.96. The van der Waals surface area contributed by atoms with E-state index >= 15 is 0 Å². The maximum Gasteiger partial charge on any atom is 0.368 e. The van der Waals surface area contributed by atoms with Crippen LogP contribution in [0.2, 0.25) is 0 Å². The Morgan fingerprint density at radius 1 is 0.718 bits per heavy atom. The Kier molecular flexibility index (Phi) is 15.9. The number of quaternary nitrogens is 1. The summed E-state index contributed by atoms with van der Waals surface area (Å²) in [5.41, 5.74) is 2.44. The number of benzene rings is 2. The first-order chi connectivity index (χ1) is 18.9. The average Bonchev–Trinajstić information content (AvgIpc) is 2.92. The number of ether oxygens (including phenoxy) is 2. The van der Waals surface area contributed by atoms with Gasteiger partial charge in [-0.05, 0) is 37.3 Å². The van der Waals surface area contributed by atoms with Gasteiger partial charge >= 0.3 is 5.97 Å². The molecule has 218 valence electrons. The van der Waals surface area contributed by atoms with E-state index in [9.17, 15) is 4.79 Å². The summed E-state index contributed by atoms with van der Waals surface area (Å²) in [4.78, 5) is 13.6. The molecule has 2 aromatic carbocycles. The van der Waals surface area contributed by atoms with Crippen LogP contribution in [-0.4, -0.2) is 36.9 Å². The Hall–Kier alpha value is -2.33. The fraction of sp³-hybridized carbons (Fsp3) is 0.629. The molecule has 2 aromatic rings. The van der Waals surface area contributed by atoms with E-state index < -0.39 is 6.29 Å². The lowest BCUT2D eigenvalue weighted by Crippen LogP contribution is -2.53. The van der Waals surface area contributed by atoms with Crippen molar-refractivity contribution < 1.29 is 18.8 Å². The molecule has 0 aromatic heterocycles. The van der Waals surface area contributed by atoms with E-state index in [-0.39, 0.29) is 12.0 Å². The Morgan fingerprint density at radius 2 is 1.31 bits per heavy atom. The van der Waals surface area contributed by atoms with Crippen LogP contribution in [0.3, 0.4) is 0 Å². The number of likely N-dealkylation sites (N-methyl/N-ethyl adjacent to an activating group) is 1. The molecule has 0 aliphatic rings. The first-order valence-corrected chi connectivity index (χ1v) is 15.7. The van der Waals surface area contributed by atoms with Crippen LogP contribution < -0.4 is 4.74 Å². The molecule has 2 rings (SSSR count). The summed E-state index contributed by atoms with van der Waals surface area (Å²) in [6, 6.07) is 18.4. The van der Waals surface area contributed by atoms with E-state index in [2.05, 4.69) is 71.3 Å².